The van der Waals surface area contributed by atoms with Crippen LogP contribution in [0.1, 0.15) is 22.9 Å². The van der Waals surface area contributed by atoms with Crippen LogP contribution in [-0.4, -0.2) is 7.11 Å². The summed E-state index contributed by atoms with van der Waals surface area (Å²) in [6.07, 6.45) is 1.66. The highest BCUT2D eigenvalue weighted by Gasteiger charge is 2.13. The maximum absolute atomic E-state index is 6.15. The van der Waals surface area contributed by atoms with Crippen molar-refractivity contribution in [2.45, 2.75) is 13.0 Å². The van der Waals surface area contributed by atoms with Gasteiger partial charge in [0.1, 0.15) is 11.5 Å². The lowest BCUT2D eigenvalue weighted by Crippen LogP contribution is -2.11. The molecular formula is C13H15NO2. The maximum atomic E-state index is 6.15. The van der Waals surface area contributed by atoms with Gasteiger partial charge in [0.15, 0.2) is 0 Å². The summed E-state index contributed by atoms with van der Waals surface area (Å²) >= 11 is 0. The fraction of sp³-hybridized carbons (Fsp3) is 0.231. The Morgan fingerprint density at radius 1 is 1.19 bits per heavy atom. The SMILES string of the molecule is COc1ccc(C(N)c2ccoc2C)cc1. The van der Waals surface area contributed by atoms with Crippen molar-refractivity contribution < 1.29 is 9.15 Å². The molecule has 0 aliphatic rings. The quantitative estimate of drug-likeness (QED) is 0.859. The van der Waals surface area contributed by atoms with E-state index in [1.807, 2.05) is 37.3 Å². The van der Waals surface area contributed by atoms with Crippen LogP contribution in [0.25, 0.3) is 0 Å². The second kappa shape index (κ2) is 4.41. The molecule has 0 aliphatic heterocycles. The Morgan fingerprint density at radius 2 is 1.88 bits per heavy atom. The molecule has 0 saturated heterocycles. The Balaban J connectivity index is 2.27. The molecule has 3 heteroatoms. The van der Waals surface area contributed by atoms with E-state index < -0.39 is 0 Å². The predicted molar refractivity (Wildman–Crippen MR) is 62.5 cm³/mol. The van der Waals surface area contributed by atoms with Crippen LogP contribution >= 0.6 is 0 Å². The number of ether oxygens (including phenoxy) is 1. The van der Waals surface area contributed by atoms with E-state index in [4.69, 9.17) is 14.9 Å². The van der Waals surface area contributed by atoms with Crippen LogP contribution in [0.3, 0.4) is 0 Å². The van der Waals surface area contributed by atoms with Crippen molar-refractivity contribution in [3.8, 4) is 5.75 Å². The Kier molecular flexibility index (Phi) is 2.97. The summed E-state index contributed by atoms with van der Waals surface area (Å²) in [4.78, 5) is 0. The zero-order chi connectivity index (χ0) is 11.5. The van der Waals surface area contributed by atoms with Crippen LogP contribution < -0.4 is 10.5 Å². The minimum absolute atomic E-state index is 0.148. The lowest BCUT2D eigenvalue weighted by atomic mass is 10.0. The van der Waals surface area contributed by atoms with E-state index in [2.05, 4.69) is 0 Å². The highest BCUT2D eigenvalue weighted by atomic mass is 16.5. The monoisotopic (exact) mass is 217 g/mol. The van der Waals surface area contributed by atoms with E-state index in [-0.39, 0.29) is 6.04 Å². The van der Waals surface area contributed by atoms with Gasteiger partial charge in [-0.05, 0) is 30.7 Å². The van der Waals surface area contributed by atoms with Gasteiger partial charge < -0.3 is 14.9 Å². The molecule has 1 heterocycles. The molecule has 1 aromatic carbocycles. The standard InChI is InChI=1S/C13H15NO2/c1-9-12(7-8-16-9)13(14)10-3-5-11(15-2)6-4-10/h3-8,13H,14H2,1-2H3. The third kappa shape index (κ3) is 1.95. The van der Waals surface area contributed by atoms with Gasteiger partial charge in [-0.3, -0.25) is 0 Å². The van der Waals surface area contributed by atoms with Crippen LogP contribution in [-0.2, 0) is 0 Å². The molecule has 0 fully saturated rings. The molecule has 2 rings (SSSR count). The molecule has 0 aliphatic carbocycles. The van der Waals surface area contributed by atoms with Crippen LogP contribution in [0.4, 0.5) is 0 Å². The molecule has 0 spiro atoms. The van der Waals surface area contributed by atoms with Gasteiger partial charge in [0.2, 0.25) is 0 Å². The second-order valence-electron chi connectivity index (χ2n) is 3.68. The Hall–Kier alpha value is -1.74. The molecule has 1 atom stereocenters. The minimum atomic E-state index is -0.148. The van der Waals surface area contributed by atoms with Gasteiger partial charge in [0.25, 0.3) is 0 Å². The zero-order valence-corrected chi connectivity index (χ0v) is 9.44. The predicted octanol–water partition coefficient (Wildman–Crippen LogP) is 2.64. The second-order valence-corrected chi connectivity index (χ2v) is 3.68. The molecule has 0 saturated carbocycles. The van der Waals surface area contributed by atoms with Gasteiger partial charge in [-0.1, -0.05) is 12.1 Å². The van der Waals surface area contributed by atoms with Crippen LogP contribution in [0.2, 0.25) is 0 Å². The minimum Gasteiger partial charge on any atom is -0.497 e. The fourth-order valence-electron chi connectivity index (χ4n) is 1.71. The van der Waals surface area contributed by atoms with Crippen molar-refractivity contribution in [3.05, 3.63) is 53.5 Å². The Bertz CT molecular complexity index is 459. The van der Waals surface area contributed by atoms with Gasteiger partial charge in [-0.2, -0.15) is 0 Å². The van der Waals surface area contributed by atoms with E-state index in [0.717, 1.165) is 22.6 Å². The normalized spacial score (nSPS) is 12.4. The maximum Gasteiger partial charge on any atom is 0.118 e. The average molecular weight is 217 g/mol. The number of furan rings is 1. The van der Waals surface area contributed by atoms with Gasteiger partial charge in [0.05, 0.1) is 19.4 Å². The molecule has 1 unspecified atom stereocenters. The first-order chi connectivity index (χ1) is 7.72. The van der Waals surface area contributed by atoms with E-state index in [0.29, 0.717) is 0 Å². The average Bonchev–Trinajstić information content (AvgIpc) is 2.75. The van der Waals surface area contributed by atoms with Crippen LogP contribution in [0, 0.1) is 6.92 Å². The summed E-state index contributed by atoms with van der Waals surface area (Å²) in [6, 6.07) is 9.51. The molecule has 3 nitrogen and oxygen atoms in total. The van der Waals surface area contributed by atoms with E-state index in [1.54, 1.807) is 13.4 Å². The van der Waals surface area contributed by atoms with Gasteiger partial charge >= 0.3 is 0 Å². The summed E-state index contributed by atoms with van der Waals surface area (Å²) in [7, 11) is 1.65. The van der Waals surface area contributed by atoms with Crippen LogP contribution in [0.15, 0.2) is 41.0 Å². The molecule has 0 radical (unpaired) electrons. The van der Waals surface area contributed by atoms with Crippen molar-refractivity contribution in [2.75, 3.05) is 7.11 Å². The molecule has 2 N–H and O–H groups in total. The van der Waals surface area contributed by atoms with Crippen molar-refractivity contribution >= 4 is 0 Å². The fourth-order valence-corrected chi connectivity index (χ4v) is 1.71. The molecule has 1 aromatic heterocycles. The van der Waals surface area contributed by atoms with Crippen molar-refractivity contribution in [2.24, 2.45) is 5.73 Å². The Morgan fingerprint density at radius 3 is 2.38 bits per heavy atom. The van der Waals surface area contributed by atoms with Gasteiger partial charge in [-0.25, -0.2) is 0 Å². The summed E-state index contributed by atoms with van der Waals surface area (Å²) in [5.74, 6) is 1.70. The molecular weight excluding hydrogens is 202 g/mol. The van der Waals surface area contributed by atoms with Gasteiger partial charge in [-0.15, -0.1) is 0 Å². The number of hydrogen-bond acceptors (Lipinski definition) is 3. The number of methoxy groups -OCH3 is 1. The largest absolute Gasteiger partial charge is 0.497 e. The number of rotatable bonds is 3. The van der Waals surface area contributed by atoms with Crippen molar-refractivity contribution in [1.29, 1.82) is 0 Å². The molecule has 16 heavy (non-hydrogen) atoms. The first-order valence-corrected chi connectivity index (χ1v) is 5.16. The van der Waals surface area contributed by atoms with E-state index >= 15 is 0 Å². The summed E-state index contributed by atoms with van der Waals surface area (Å²) in [6.45, 7) is 1.92. The molecule has 0 bridgehead atoms. The first kappa shape index (κ1) is 10.8. The first-order valence-electron chi connectivity index (χ1n) is 5.16. The number of nitrogens with two attached hydrogens (primary N) is 1. The van der Waals surface area contributed by atoms with Gasteiger partial charge in [0, 0.05) is 5.56 Å². The van der Waals surface area contributed by atoms with Crippen molar-refractivity contribution in [3.63, 3.8) is 0 Å². The third-order valence-electron chi connectivity index (χ3n) is 2.71. The lowest BCUT2D eigenvalue weighted by Gasteiger charge is -2.11. The number of benzene rings is 1. The molecule has 0 amide bonds. The third-order valence-corrected chi connectivity index (χ3v) is 2.71. The summed E-state index contributed by atoms with van der Waals surface area (Å²) in [5, 5.41) is 0. The zero-order valence-electron chi connectivity index (χ0n) is 9.44. The summed E-state index contributed by atoms with van der Waals surface area (Å²) in [5.41, 5.74) is 8.22. The molecule has 2 aromatic rings. The van der Waals surface area contributed by atoms with Crippen LogP contribution in [0.5, 0.6) is 5.75 Å². The Labute approximate surface area is 94.8 Å². The summed E-state index contributed by atoms with van der Waals surface area (Å²) < 4.78 is 10.4. The highest BCUT2D eigenvalue weighted by molar-refractivity contribution is 5.35. The highest BCUT2D eigenvalue weighted by Crippen LogP contribution is 2.24. The van der Waals surface area contributed by atoms with E-state index in [1.165, 1.54) is 0 Å². The lowest BCUT2D eigenvalue weighted by molar-refractivity contribution is 0.414. The topological polar surface area (TPSA) is 48.4 Å². The number of aryl methyl sites for hydroxylation is 1. The number of hydrogen-bond donors (Lipinski definition) is 1. The molecule has 84 valence electrons. The van der Waals surface area contributed by atoms with Crippen molar-refractivity contribution in [1.82, 2.24) is 0 Å². The van der Waals surface area contributed by atoms with E-state index in [9.17, 15) is 0 Å². The smallest absolute Gasteiger partial charge is 0.118 e.